The molecule has 1 aliphatic heterocycles. The number of likely N-dealkylation sites (tertiary alicyclic amines) is 1. The van der Waals surface area contributed by atoms with E-state index in [1.807, 2.05) is 6.07 Å². The molecule has 1 fully saturated rings. The first-order valence-electron chi connectivity index (χ1n) is 14.7. The van der Waals surface area contributed by atoms with Crippen molar-refractivity contribution in [1.29, 1.82) is 0 Å². The highest BCUT2D eigenvalue weighted by atomic mass is 32.1. The molecule has 0 spiro atoms. The number of benzene rings is 2. The van der Waals surface area contributed by atoms with E-state index >= 15 is 0 Å². The molecular formula is C32H42N4OS. The Balaban J connectivity index is 1.48. The van der Waals surface area contributed by atoms with Crippen LogP contribution in [0.3, 0.4) is 0 Å². The van der Waals surface area contributed by atoms with Crippen molar-refractivity contribution in [3.63, 3.8) is 0 Å². The third-order valence-electron chi connectivity index (χ3n) is 7.80. The van der Waals surface area contributed by atoms with Crippen LogP contribution in [0.15, 0.2) is 48.5 Å². The van der Waals surface area contributed by atoms with Gasteiger partial charge in [-0.15, -0.1) is 11.3 Å². The second kappa shape index (κ2) is 12.9. The van der Waals surface area contributed by atoms with E-state index in [0.29, 0.717) is 0 Å². The van der Waals surface area contributed by atoms with Gasteiger partial charge in [0, 0.05) is 29.9 Å². The first-order chi connectivity index (χ1) is 18.7. The predicted octanol–water partition coefficient (Wildman–Crippen LogP) is 7.84. The summed E-state index contributed by atoms with van der Waals surface area (Å²) in [7, 11) is 0. The zero-order valence-corrected chi connectivity index (χ0v) is 23.9. The van der Waals surface area contributed by atoms with Crippen LogP contribution in [0.4, 0.5) is 0 Å². The number of thiophene rings is 1. The summed E-state index contributed by atoms with van der Waals surface area (Å²) in [6.07, 6.45) is 9.36. The van der Waals surface area contributed by atoms with Crippen LogP contribution in [0.2, 0.25) is 0 Å². The van der Waals surface area contributed by atoms with E-state index in [1.165, 1.54) is 47.3 Å². The zero-order chi connectivity index (χ0) is 26.3. The van der Waals surface area contributed by atoms with Gasteiger partial charge in [-0.2, -0.15) is 0 Å². The largest absolute Gasteiger partial charge is 0.339 e. The number of aryl methyl sites for hydroxylation is 1. The maximum absolute atomic E-state index is 13.6. The monoisotopic (exact) mass is 530 g/mol. The van der Waals surface area contributed by atoms with Crippen molar-refractivity contribution in [2.75, 3.05) is 32.7 Å². The third-order valence-corrected chi connectivity index (χ3v) is 8.91. The number of carbonyl (C=O) groups is 1. The van der Waals surface area contributed by atoms with Gasteiger partial charge in [-0.25, -0.2) is 4.98 Å². The van der Waals surface area contributed by atoms with E-state index in [4.69, 9.17) is 4.98 Å². The van der Waals surface area contributed by atoms with Crippen LogP contribution in [-0.4, -0.2) is 58.0 Å². The van der Waals surface area contributed by atoms with Crippen molar-refractivity contribution < 1.29 is 4.79 Å². The van der Waals surface area contributed by atoms with Gasteiger partial charge in [-0.1, -0.05) is 51.3 Å². The smallest absolute Gasteiger partial charge is 0.253 e. The summed E-state index contributed by atoms with van der Waals surface area (Å²) in [6.45, 7) is 10.5. The van der Waals surface area contributed by atoms with Crippen LogP contribution in [0.1, 0.15) is 75.6 Å². The van der Waals surface area contributed by atoms with Crippen LogP contribution in [0, 0.1) is 0 Å². The van der Waals surface area contributed by atoms with Crippen LogP contribution in [0.25, 0.3) is 31.8 Å². The molecule has 0 saturated carbocycles. The Hall–Kier alpha value is -2.70. The maximum Gasteiger partial charge on any atom is 0.253 e. The molecular weight excluding hydrogens is 488 g/mol. The molecule has 4 aromatic rings. The van der Waals surface area contributed by atoms with Crippen molar-refractivity contribution in [3.8, 4) is 10.7 Å². The molecule has 1 aliphatic rings. The number of piperidine rings is 1. The van der Waals surface area contributed by atoms with E-state index < -0.39 is 0 Å². The van der Waals surface area contributed by atoms with Gasteiger partial charge < -0.3 is 14.4 Å². The number of rotatable bonds is 12. The van der Waals surface area contributed by atoms with E-state index in [0.717, 1.165) is 80.7 Å². The molecule has 2 aromatic carbocycles. The van der Waals surface area contributed by atoms with Crippen molar-refractivity contribution in [2.45, 2.75) is 71.8 Å². The Labute approximate surface area is 231 Å². The number of fused-ring (bicyclic) bond motifs is 2. The first kappa shape index (κ1) is 26.9. The second-order valence-electron chi connectivity index (χ2n) is 10.7. The molecule has 2 aromatic heterocycles. The number of hydrogen-bond donors (Lipinski definition) is 0. The lowest BCUT2D eigenvalue weighted by molar-refractivity contribution is 0.0751. The molecule has 0 unspecified atom stereocenters. The van der Waals surface area contributed by atoms with Gasteiger partial charge in [0.2, 0.25) is 0 Å². The Morgan fingerprint density at radius 3 is 2.42 bits per heavy atom. The highest BCUT2D eigenvalue weighted by Gasteiger charge is 2.20. The molecule has 1 amide bonds. The maximum atomic E-state index is 13.6. The van der Waals surface area contributed by atoms with E-state index in [9.17, 15) is 4.79 Å². The topological polar surface area (TPSA) is 41.4 Å². The van der Waals surface area contributed by atoms with Crippen LogP contribution >= 0.6 is 11.3 Å². The molecule has 0 radical (unpaired) electrons. The highest BCUT2D eigenvalue weighted by Crippen LogP contribution is 2.35. The van der Waals surface area contributed by atoms with E-state index in [-0.39, 0.29) is 5.91 Å². The lowest BCUT2D eigenvalue weighted by atomic mass is 10.1. The molecule has 5 rings (SSSR count). The highest BCUT2D eigenvalue weighted by molar-refractivity contribution is 7.22. The van der Waals surface area contributed by atoms with Crippen molar-refractivity contribution in [1.82, 2.24) is 19.4 Å². The summed E-state index contributed by atoms with van der Waals surface area (Å²) in [5.41, 5.74) is 2.83. The number of carbonyl (C=O) groups excluding carboxylic acids is 1. The van der Waals surface area contributed by atoms with Crippen LogP contribution in [0.5, 0.6) is 0 Å². The summed E-state index contributed by atoms with van der Waals surface area (Å²) in [5, 5.41) is 1.26. The number of unbranched alkanes of at least 4 members (excludes halogenated alkanes) is 2. The minimum atomic E-state index is 0.151. The van der Waals surface area contributed by atoms with Gasteiger partial charge in [0.05, 0.1) is 15.9 Å². The Kier molecular flexibility index (Phi) is 9.13. The molecule has 0 bridgehead atoms. The number of aromatic nitrogens is 2. The molecule has 202 valence electrons. The fourth-order valence-electron chi connectivity index (χ4n) is 5.59. The average Bonchev–Trinajstić information content (AvgIpc) is 3.54. The minimum Gasteiger partial charge on any atom is -0.339 e. The third kappa shape index (κ3) is 6.13. The lowest BCUT2D eigenvalue weighted by Gasteiger charge is -2.26. The zero-order valence-electron chi connectivity index (χ0n) is 23.1. The summed E-state index contributed by atoms with van der Waals surface area (Å²) in [4.78, 5) is 24.6. The standard InChI is InChI=1S/C32H42N4OS/c1-3-5-20-35(21-6-4-2)32(37)26-15-16-27-28(23-26)36(22-12-19-34-17-10-7-11-18-34)31(33-27)30-24-25-13-8-9-14-29(25)38-30/h8-9,13-16,23-24H,3-7,10-12,17-22H2,1-2H3. The van der Waals surface area contributed by atoms with Crippen LogP contribution < -0.4 is 0 Å². The summed E-state index contributed by atoms with van der Waals surface area (Å²) < 4.78 is 3.66. The number of imidazole rings is 1. The van der Waals surface area contributed by atoms with Gasteiger partial charge in [0.1, 0.15) is 0 Å². The predicted molar refractivity (Wildman–Crippen MR) is 161 cm³/mol. The quantitative estimate of drug-likeness (QED) is 0.187. The SMILES string of the molecule is CCCCN(CCCC)C(=O)c1ccc2nc(-c3cc4ccccc4s3)n(CCCN3CCCCC3)c2c1. The molecule has 6 heteroatoms. The van der Waals surface area contributed by atoms with Gasteiger partial charge in [-0.3, -0.25) is 4.79 Å². The van der Waals surface area contributed by atoms with Gasteiger partial charge >= 0.3 is 0 Å². The average molecular weight is 531 g/mol. The summed E-state index contributed by atoms with van der Waals surface area (Å²) in [6, 6.07) is 17.0. The number of hydrogen-bond acceptors (Lipinski definition) is 4. The summed E-state index contributed by atoms with van der Waals surface area (Å²) in [5.74, 6) is 1.18. The van der Waals surface area contributed by atoms with Crippen LogP contribution in [-0.2, 0) is 6.54 Å². The molecule has 0 atom stereocenters. The fourth-order valence-corrected chi connectivity index (χ4v) is 6.65. The van der Waals surface area contributed by atoms with Crippen molar-refractivity contribution in [3.05, 3.63) is 54.1 Å². The first-order valence-corrected chi connectivity index (χ1v) is 15.5. The van der Waals surface area contributed by atoms with Gasteiger partial charge in [0.15, 0.2) is 5.82 Å². The normalized spacial score (nSPS) is 14.5. The number of amides is 1. The molecule has 3 heterocycles. The van der Waals surface area contributed by atoms with Gasteiger partial charge in [-0.05, 0) is 87.5 Å². The van der Waals surface area contributed by atoms with Gasteiger partial charge in [0.25, 0.3) is 5.91 Å². The Bertz CT molecular complexity index is 1310. The lowest BCUT2D eigenvalue weighted by Crippen LogP contribution is -2.33. The minimum absolute atomic E-state index is 0.151. The molecule has 0 N–H and O–H groups in total. The Morgan fingerprint density at radius 2 is 1.68 bits per heavy atom. The fraction of sp³-hybridized carbons (Fsp3) is 0.500. The molecule has 0 aliphatic carbocycles. The molecule has 5 nitrogen and oxygen atoms in total. The van der Waals surface area contributed by atoms with E-state index in [2.05, 4.69) is 70.7 Å². The molecule has 38 heavy (non-hydrogen) atoms. The second-order valence-corrected chi connectivity index (χ2v) is 11.8. The summed E-state index contributed by atoms with van der Waals surface area (Å²) >= 11 is 1.81. The number of nitrogens with zero attached hydrogens (tertiary/aromatic N) is 4. The van der Waals surface area contributed by atoms with E-state index in [1.54, 1.807) is 11.3 Å². The van der Waals surface area contributed by atoms with Crippen molar-refractivity contribution in [2.24, 2.45) is 0 Å². The Morgan fingerprint density at radius 1 is 0.921 bits per heavy atom. The van der Waals surface area contributed by atoms with Crippen molar-refractivity contribution >= 4 is 38.4 Å². The molecule has 1 saturated heterocycles.